The lowest BCUT2D eigenvalue weighted by atomic mass is 9.89. The average Bonchev–Trinajstić information content (AvgIpc) is 2.66. The minimum Gasteiger partial charge on any atom is -0.294 e. The summed E-state index contributed by atoms with van der Waals surface area (Å²) in [5.74, 6) is 0.608. The number of aromatic nitrogens is 1. The van der Waals surface area contributed by atoms with Crippen molar-refractivity contribution in [3.8, 4) is 0 Å². The molecule has 0 N–H and O–H groups in total. The van der Waals surface area contributed by atoms with E-state index >= 15 is 0 Å². The van der Waals surface area contributed by atoms with E-state index in [2.05, 4.69) is 11.9 Å². The van der Waals surface area contributed by atoms with Crippen molar-refractivity contribution in [3.05, 3.63) is 29.6 Å². The molecular weight excluding hydrogens is 210 g/mol. The van der Waals surface area contributed by atoms with Crippen molar-refractivity contribution in [3.63, 3.8) is 0 Å². The predicted molar refractivity (Wildman–Crippen MR) is 69.1 cm³/mol. The zero-order valence-corrected chi connectivity index (χ0v) is 10.6. The lowest BCUT2D eigenvalue weighted by Gasteiger charge is -2.14. The number of hydrogen-bond donors (Lipinski definition) is 0. The summed E-state index contributed by atoms with van der Waals surface area (Å²) in [6, 6.07) is 1.89. The number of carbonyl (C=O) groups excluding carboxylic acids is 1. The van der Waals surface area contributed by atoms with Gasteiger partial charge in [0, 0.05) is 23.9 Å². The Hall–Kier alpha value is -1.18. The summed E-state index contributed by atoms with van der Waals surface area (Å²) >= 11 is 0. The minimum atomic E-state index is 0.255. The SMILES string of the molecule is CCc1cnccc1C(=O)C1CCCCCC1. The van der Waals surface area contributed by atoms with Gasteiger partial charge in [-0.25, -0.2) is 0 Å². The van der Waals surface area contributed by atoms with E-state index in [-0.39, 0.29) is 5.92 Å². The van der Waals surface area contributed by atoms with Gasteiger partial charge in [-0.05, 0) is 30.9 Å². The van der Waals surface area contributed by atoms with E-state index in [1.165, 1.54) is 25.7 Å². The molecule has 0 aromatic carbocycles. The summed E-state index contributed by atoms with van der Waals surface area (Å²) in [5.41, 5.74) is 2.01. The molecule has 0 aliphatic heterocycles. The molecule has 0 spiro atoms. The highest BCUT2D eigenvalue weighted by Gasteiger charge is 2.22. The normalized spacial score (nSPS) is 17.7. The molecule has 1 aliphatic rings. The highest BCUT2D eigenvalue weighted by molar-refractivity contribution is 5.99. The molecule has 2 rings (SSSR count). The van der Waals surface area contributed by atoms with Crippen LogP contribution in [0.1, 0.15) is 61.4 Å². The van der Waals surface area contributed by atoms with Crippen molar-refractivity contribution in [1.29, 1.82) is 0 Å². The standard InChI is InChI=1S/C15H21NO/c1-2-12-11-16-10-9-14(12)15(17)13-7-5-3-4-6-8-13/h9-11,13H,2-8H2,1H3. The second-order valence-corrected chi connectivity index (χ2v) is 4.94. The monoisotopic (exact) mass is 231 g/mol. The molecule has 1 fully saturated rings. The first-order valence-corrected chi connectivity index (χ1v) is 6.80. The average molecular weight is 231 g/mol. The first-order chi connectivity index (χ1) is 8.33. The number of carbonyl (C=O) groups is 1. The third-order valence-corrected chi connectivity index (χ3v) is 3.78. The van der Waals surface area contributed by atoms with E-state index in [4.69, 9.17) is 0 Å². The molecule has 2 heteroatoms. The molecule has 1 aromatic heterocycles. The van der Waals surface area contributed by atoms with Gasteiger partial charge in [0.1, 0.15) is 0 Å². The molecule has 0 bridgehead atoms. The molecule has 1 saturated carbocycles. The van der Waals surface area contributed by atoms with Crippen molar-refractivity contribution in [1.82, 2.24) is 4.98 Å². The Morgan fingerprint density at radius 1 is 1.29 bits per heavy atom. The molecule has 0 unspecified atom stereocenters. The highest BCUT2D eigenvalue weighted by atomic mass is 16.1. The van der Waals surface area contributed by atoms with Crippen molar-refractivity contribution >= 4 is 5.78 Å². The van der Waals surface area contributed by atoms with E-state index in [1.807, 2.05) is 12.3 Å². The van der Waals surface area contributed by atoms with Crippen LogP contribution in [0.2, 0.25) is 0 Å². The van der Waals surface area contributed by atoms with Crippen LogP contribution in [-0.2, 0) is 6.42 Å². The first kappa shape index (κ1) is 12.3. The summed E-state index contributed by atoms with van der Waals surface area (Å²) in [4.78, 5) is 16.6. The fraction of sp³-hybridized carbons (Fsp3) is 0.600. The van der Waals surface area contributed by atoms with Crippen molar-refractivity contribution in [2.24, 2.45) is 5.92 Å². The third kappa shape index (κ3) is 2.93. The minimum absolute atomic E-state index is 0.255. The number of ketones is 1. The van der Waals surface area contributed by atoms with Crippen LogP contribution in [0.5, 0.6) is 0 Å². The van der Waals surface area contributed by atoms with Crippen molar-refractivity contribution < 1.29 is 4.79 Å². The Bertz CT molecular complexity index is 378. The van der Waals surface area contributed by atoms with Crippen LogP contribution in [0.25, 0.3) is 0 Å². The lowest BCUT2D eigenvalue weighted by molar-refractivity contribution is 0.0907. The van der Waals surface area contributed by atoms with Gasteiger partial charge in [-0.2, -0.15) is 0 Å². The van der Waals surface area contributed by atoms with Crippen molar-refractivity contribution in [2.45, 2.75) is 51.9 Å². The van der Waals surface area contributed by atoms with Crippen molar-refractivity contribution in [2.75, 3.05) is 0 Å². The maximum atomic E-state index is 12.5. The van der Waals surface area contributed by atoms with Gasteiger partial charge in [-0.3, -0.25) is 9.78 Å². The maximum absolute atomic E-state index is 12.5. The Morgan fingerprint density at radius 3 is 2.65 bits per heavy atom. The fourth-order valence-electron chi connectivity index (χ4n) is 2.71. The number of Topliss-reactive ketones (excluding diaryl/α,β-unsaturated/α-hetero) is 1. The molecule has 0 saturated heterocycles. The van der Waals surface area contributed by atoms with Crippen LogP contribution in [0.4, 0.5) is 0 Å². The smallest absolute Gasteiger partial charge is 0.166 e. The summed E-state index contributed by atoms with van der Waals surface area (Å²) in [6.45, 7) is 2.08. The number of pyridine rings is 1. The molecule has 92 valence electrons. The summed E-state index contributed by atoms with van der Waals surface area (Å²) in [7, 11) is 0. The number of aryl methyl sites for hydroxylation is 1. The highest BCUT2D eigenvalue weighted by Crippen LogP contribution is 2.27. The molecule has 1 aliphatic carbocycles. The van der Waals surface area contributed by atoms with Crippen LogP contribution in [0, 0.1) is 5.92 Å². The van der Waals surface area contributed by atoms with Crippen LogP contribution in [0.15, 0.2) is 18.5 Å². The van der Waals surface area contributed by atoms with Gasteiger partial charge < -0.3 is 0 Å². The van der Waals surface area contributed by atoms with Gasteiger partial charge in [-0.1, -0.05) is 32.6 Å². The van der Waals surface area contributed by atoms with Gasteiger partial charge >= 0.3 is 0 Å². The molecule has 0 atom stereocenters. The second-order valence-electron chi connectivity index (χ2n) is 4.94. The largest absolute Gasteiger partial charge is 0.294 e. The van der Waals surface area contributed by atoms with Crippen LogP contribution >= 0.6 is 0 Å². The summed E-state index contributed by atoms with van der Waals surface area (Å²) in [5, 5.41) is 0. The second kappa shape index (κ2) is 5.95. The summed E-state index contributed by atoms with van der Waals surface area (Å²) in [6.07, 6.45) is 11.6. The first-order valence-electron chi connectivity index (χ1n) is 6.80. The molecule has 2 nitrogen and oxygen atoms in total. The zero-order valence-electron chi connectivity index (χ0n) is 10.6. The number of rotatable bonds is 3. The lowest BCUT2D eigenvalue weighted by Crippen LogP contribution is -2.16. The molecule has 0 radical (unpaired) electrons. The van der Waals surface area contributed by atoms with Gasteiger partial charge in [0.05, 0.1) is 0 Å². The number of hydrogen-bond acceptors (Lipinski definition) is 2. The van der Waals surface area contributed by atoms with Gasteiger partial charge in [0.2, 0.25) is 0 Å². The van der Waals surface area contributed by atoms with E-state index in [9.17, 15) is 4.79 Å². The van der Waals surface area contributed by atoms with Gasteiger partial charge in [0.25, 0.3) is 0 Å². The Kier molecular flexibility index (Phi) is 4.29. The van der Waals surface area contributed by atoms with Crippen LogP contribution in [-0.4, -0.2) is 10.8 Å². The van der Waals surface area contributed by atoms with Gasteiger partial charge in [0.15, 0.2) is 5.78 Å². The Morgan fingerprint density at radius 2 is 2.00 bits per heavy atom. The van der Waals surface area contributed by atoms with Crippen LogP contribution < -0.4 is 0 Å². The Balaban J connectivity index is 2.17. The fourth-order valence-corrected chi connectivity index (χ4v) is 2.71. The predicted octanol–water partition coefficient (Wildman–Crippen LogP) is 3.80. The van der Waals surface area contributed by atoms with E-state index in [0.717, 1.165) is 30.4 Å². The molecule has 1 aromatic rings. The van der Waals surface area contributed by atoms with E-state index in [1.54, 1.807) is 6.20 Å². The van der Waals surface area contributed by atoms with E-state index < -0.39 is 0 Å². The zero-order chi connectivity index (χ0) is 12.1. The van der Waals surface area contributed by atoms with E-state index in [0.29, 0.717) is 5.78 Å². The topological polar surface area (TPSA) is 30.0 Å². The van der Waals surface area contributed by atoms with Gasteiger partial charge in [-0.15, -0.1) is 0 Å². The molecule has 17 heavy (non-hydrogen) atoms. The summed E-state index contributed by atoms with van der Waals surface area (Å²) < 4.78 is 0. The quantitative estimate of drug-likeness (QED) is 0.585. The molecule has 1 heterocycles. The van der Waals surface area contributed by atoms with Crippen LogP contribution in [0.3, 0.4) is 0 Å². The third-order valence-electron chi connectivity index (χ3n) is 3.78. The Labute approximate surface area is 103 Å². The maximum Gasteiger partial charge on any atom is 0.166 e. The number of nitrogens with zero attached hydrogens (tertiary/aromatic N) is 1. The molecular formula is C15H21NO. The molecule has 0 amide bonds.